The lowest BCUT2D eigenvalue weighted by atomic mass is 9.96. The Morgan fingerprint density at radius 2 is 1.86 bits per heavy atom. The highest BCUT2D eigenvalue weighted by Gasteiger charge is 2.20. The van der Waals surface area contributed by atoms with Crippen LogP contribution in [0.4, 0.5) is 4.39 Å². The molecule has 4 heteroatoms. The van der Waals surface area contributed by atoms with Crippen molar-refractivity contribution >= 4 is 5.97 Å². The Morgan fingerprint density at radius 1 is 1.18 bits per heavy atom. The second kappa shape index (κ2) is 7.07. The molecule has 0 aliphatic rings. The van der Waals surface area contributed by atoms with Gasteiger partial charge in [-0.3, -0.25) is 4.79 Å². The summed E-state index contributed by atoms with van der Waals surface area (Å²) in [6.07, 6.45) is 0.284. The maximum absolute atomic E-state index is 13.2. The number of carboxylic acid groups (broad SMARTS) is 1. The van der Waals surface area contributed by atoms with Gasteiger partial charge < -0.3 is 9.84 Å². The van der Waals surface area contributed by atoms with E-state index in [-0.39, 0.29) is 13.0 Å². The lowest BCUT2D eigenvalue weighted by Crippen LogP contribution is -2.15. The molecule has 0 heterocycles. The standard InChI is InChI=1S/C18H19FO3/c1-12-8-13(2)10-16(9-12)22-7-6-17(18(20)21)14-4-3-5-15(19)11-14/h3-5,8-11,17H,6-7H2,1-2H3,(H,20,21). The number of hydrogen-bond donors (Lipinski definition) is 1. The molecule has 0 aliphatic carbocycles. The molecule has 0 bridgehead atoms. The summed E-state index contributed by atoms with van der Waals surface area (Å²) in [7, 11) is 0. The lowest BCUT2D eigenvalue weighted by Gasteiger charge is -2.14. The summed E-state index contributed by atoms with van der Waals surface area (Å²) in [6, 6.07) is 11.6. The number of benzene rings is 2. The Bertz CT molecular complexity index is 647. The minimum absolute atomic E-state index is 0.260. The van der Waals surface area contributed by atoms with Crippen LogP contribution in [0.5, 0.6) is 5.75 Å². The van der Waals surface area contributed by atoms with Crippen LogP contribution in [0.15, 0.2) is 42.5 Å². The number of hydrogen-bond acceptors (Lipinski definition) is 2. The van der Waals surface area contributed by atoms with Gasteiger partial charge in [-0.2, -0.15) is 0 Å². The lowest BCUT2D eigenvalue weighted by molar-refractivity contribution is -0.139. The zero-order chi connectivity index (χ0) is 16.1. The highest BCUT2D eigenvalue weighted by atomic mass is 19.1. The summed E-state index contributed by atoms with van der Waals surface area (Å²) in [6.45, 7) is 4.22. The Morgan fingerprint density at radius 3 is 2.45 bits per heavy atom. The fraction of sp³-hybridized carbons (Fsp3) is 0.278. The Kier molecular flexibility index (Phi) is 5.15. The SMILES string of the molecule is Cc1cc(C)cc(OCCC(C(=O)O)c2cccc(F)c2)c1. The quantitative estimate of drug-likeness (QED) is 0.874. The average Bonchev–Trinajstić information content (AvgIpc) is 2.42. The van der Waals surface area contributed by atoms with Crippen LogP contribution in [0, 0.1) is 19.7 Å². The second-order valence-corrected chi connectivity index (χ2v) is 5.41. The molecule has 0 spiro atoms. The van der Waals surface area contributed by atoms with Gasteiger partial charge in [-0.05, 0) is 61.2 Å². The summed E-state index contributed by atoms with van der Waals surface area (Å²) >= 11 is 0. The first kappa shape index (κ1) is 16.0. The molecule has 0 aromatic heterocycles. The predicted molar refractivity (Wildman–Crippen MR) is 82.8 cm³/mol. The van der Waals surface area contributed by atoms with Crippen LogP contribution in [-0.4, -0.2) is 17.7 Å². The molecule has 0 saturated heterocycles. The van der Waals surface area contributed by atoms with Crippen molar-refractivity contribution in [3.8, 4) is 5.75 Å². The molecule has 3 nitrogen and oxygen atoms in total. The van der Waals surface area contributed by atoms with Crippen LogP contribution in [0.25, 0.3) is 0 Å². The zero-order valence-electron chi connectivity index (χ0n) is 12.7. The van der Waals surface area contributed by atoms with Gasteiger partial charge in [0.25, 0.3) is 0 Å². The molecule has 0 amide bonds. The van der Waals surface area contributed by atoms with Crippen LogP contribution in [-0.2, 0) is 4.79 Å². The van der Waals surface area contributed by atoms with E-state index >= 15 is 0 Å². The number of aryl methyl sites for hydroxylation is 2. The number of carbonyl (C=O) groups is 1. The monoisotopic (exact) mass is 302 g/mol. The van der Waals surface area contributed by atoms with Crippen molar-refractivity contribution in [1.82, 2.24) is 0 Å². The zero-order valence-corrected chi connectivity index (χ0v) is 12.7. The van der Waals surface area contributed by atoms with Crippen molar-refractivity contribution in [3.05, 3.63) is 65.0 Å². The Balaban J connectivity index is 2.02. The van der Waals surface area contributed by atoms with Crippen molar-refractivity contribution in [3.63, 3.8) is 0 Å². The second-order valence-electron chi connectivity index (χ2n) is 5.41. The van der Waals surface area contributed by atoms with Crippen LogP contribution >= 0.6 is 0 Å². The fourth-order valence-electron chi connectivity index (χ4n) is 2.47. The van der Waals surface area contributed by atoms with E-state index in [0.29, 0.717) is 5.56 Å². The van der Waals surface area contributed by atoms with E-state index in [2.05, 4.69) is 0 Å². The first-order valence-electron chi connectivity index (χ1n) is 7.15. The molecule has 0 saturated carbocycles. The highest BCUT2D eigenvalue weighted by Crippen LogP contribution is 2.22. The van der Waals surface area contributed by atoms with E-state index in [9.17, 15) is 14.3 Å². The Hall–Kier alpha value is -2.36. The average molecular weight is 302 g/mol. The fourth-order valence-corrected chi connectivity index (χ4v) is 2.47. The van der Waals surface area contributed by atoms with Crippen molar-refractivity contribution < 1.29 is 19.0 Å². The summed E-state index contributed by atoms with van der Waals surface area (Å²) in [5, 5.41) is 9.32. The van der Waals surface area contributed by atoms with Gasteiger partial charge in [-0.25, -0.2) is 4.39 Å². The molecule has 0 radical (unpaired) electrons. The predicted octanol–water partition coefficient (Wildman–Crippen LogP) is 4.08. The van der Waals surface area contributed by atoms with Crippen molar-refractivity contribution in [2.45, 2.75) is 26.2 Å². The van der Waals surface area contributed by atoms with Gasteiger partial charge in [0.05, 0.1) is 12.5 Å². The van der Waals surface area contributed by atoms with Gasteiger partial charge in [0.1, 0.15) is 11.6 Å². The number of rotatable bonds is 6. The van der Waals surface area contributed by atoms with E-state index in [1.165, 1.54) is 18.2 Å². The normalized spacial score (nSPS) is 12.0. The van der Waals surface area contributed by atoms with Gasteiger partial charge in [-0.1, -0.05) is 18.2 Å². The third-order valence-corrected chi connectivity index (χ3v) is 3.42. The molecule has 1 unspecified atom stereocenters. The molecule has 22 heavy (non-hydrogen) atoms. The van der Waals surface area contributed by atoms with Gasteiger partial charge >= 0.3 is 5.97 Å². The summed E-state index contributed by atoms with van der Waals surface area (Å²) in [4.78, 5) is 11.4. The maximum atomic E-state index is 13.2. The minimum Gasteiger partial charge on any atom is -0.494 e. The van der Waals surface area contributed by atoms with Crippen LogP contribution in [0.1, 0.15) is 29.0 Å². The van der Waals surface area contributed by atoms with E-state index in [1.807, 2.05) is 32.0 Å². The minimum atomic E-state index is -0.977. The number of halogens is 1. The van der Waals surface area contributed by atoms with Crippen molar-refractivity contribution in [2.75, 3.05) is 6.61 Å². The van der Waals surface area contributed by atoms with Gasteiger partial charge in [0.2, 0.25) is 0 Å². The van der Waals surface area contributed by atoms with E-state index in [4.69, 9.17) is 4.74 Å². The van der Waals surface area contributed by atoms with Crippen LogP contribution < -0.4 is 4.74 Å². The first-order valence-corrected chi connectivity index (χ1v) is 7.15. The molecule has 1 N–H and O–H groups in total. The maximum Gasteiger partial charge on any atom is 0.311 e. The van der Waals surface area contributed by atoms with E-state index in [0.717, 1.165) is 16.9 Å². The largest absolute Gasteiger partial charge is 0.494 e. The summed E-state index contributed by atoms with van der Waals surface area (Å²) in [5.41, 5.74) is 2.64. The molecular formula is C18H19FO3. The van der Waals surface area contributed by atoms with Crippen LogP contribution in [0.3, 0.4) is 0 Å². The third kappa shape index (κ3) is 4.32. The molecule has 2 aromatic carbocycles. The van der Waals surface area contributed by atoms with Crippen molar-refractivity contribution in [1.29, 1.82) is 0 Å². The summed E-state index contributed by atoms with van der Waals surface area (Å²) in [5.74, 6) is -1.46. The molecule has 2 aromatic rings. The number of aliphatic carboxylic acids is 1. The molecule has 2 rings (SSSR count). The molecule has 1 atom stereocenters. The number of carboxylic acids is 1. The topological polar surface area (TPSA) is 46.5 Å². The third-order valence-electron chi connectivity index (χ3n) is 3.42. The summed E-state index contributed by atoms with van der Waals surface area (Å²) < 4.78 is 18.9. The molecule has 0 aliphatic heterocycles. The van der Waals surface area contributed by atoms with E-state index in [1.54, 1.807) is 6.07 Å². The Labute approximate surface area is 129 Å². The van der Waals surface area contributed by atoms with Crippen molar-refractivity contribution in [2.24, 2.45) is 0 Å². The molecule has 116 valence electrons. The van der Waals surface area contributed by atoms with Gasteiger partial charge in [-0.15, -0.1) is 0 Å². The smallest absolute Gasteiger partial charge is 0.311 e. The molecular weight excluding hydrogens is 283 g/mol. The van der Waals surface area contributed by atoms with E-state index < -0.39 is 17.7 Å². The van der Waals surface area contributed by atoms with Crippen LogP contribution in [0.2, 0.25) is 0 Å². The highest BCUT2D eigenvalue weighted by molar-refractivity contribution is 5.76. The molecule has 0 fully saturated rings. The van der Waals surface area contributed by atoms with Gasteiger partial charge in [0, 0.05) is 0 Å². The number of ether oxygens (including phenoxy) is 1. The van der Waals surface area contributed by atoms with Gasteiger partial charge in [0.15, 0.2) is 0 Å². The first-order chi connectivity index (χ1) is 10.5.